The summed E-state index contributed by atoms with van der Waals surface area (Å²) in [5.74, 6) is 0.664. The van der Waals surface area contributed by atoms with Gasteiger partial charge < -0.3 is 94.8 Å². The van der Waals surface area contributed by atoms with E-state index in [-0.39, 0.29) is 32.5 Å². The Morgan fingerprint density at radius 3 is 0.671 bits per heavy atom. The summed E-state index contributed by atoms with van der Waals surface area (Å²) in [4.78, 5) is 39.3. The molecule has 0 N–H and O–H groups in total. The monoisotopic (exact) mass is 1020 g/mol. The molecule has 2 amide bonds. The van der Waals surface area contributed by atoms with Crippen molar-refractivity contribution in [1.29, 1.82) is 0 Å². The maximum absolute atomic E-state index is 11.7. The van der Waals surface area contributed by atoms with Gasteiger partial charge >= 0.3 is 5.97 Å². The van der Waals surface area contributed by atoms with E-state index in [0.717, 1.165) is 0 Å². The van der Waals surface area contributed by atoms with Crippen molar-refractivity contribution < 1.29 is 109 Å². The quantitative estimate of drug-likeness (QED) is 0.0440. The molecule has 0 aromatic carbocycles. The molecule has 0 aliphatic carbocycles. The standard InChI is InChI=1S/C46H83NO23/c1-2-6-51-8-10-53-12-14-55-16-18-57-20-22-59-24-26-61-28-30-63-32-34-65-36-38-67-40-42-69-43-41-68-39-37-66-35-33-64-31-29-62-27-25-60-23-21-58-19-17-56-15-13-54-11-9-52-7-5-46(50)70-47-44(48)3-4-45(47)49/h1H,3-43H2. The summed E-state index contributed by atoms with van der Waals surface area (Å²) in [5.41, 5.74) is 0. The molecular formula is C46H83NO23. The Morgan fingerprint density at radius 2 is 0.486 bits per heavy atom. The van der Waals surface area contributed by atoms with Gasteiger partial charge in [-0.3, -0.25) is 9.59 Å². The molecule has 24 nitrogen and oxygen atoms in total. The first-order valence-electron chi connectivity index (χ1n) is 24.1. The van der Waals surface area contributed by atoms with Gasteiger partial charge in [-0.15, -0.1) is 11.5 Å². The van der Waals surface area contributed by atoms with Crippen molar-refractivity contribution >= 4 is 17.8 Å². The molecule has 0 saturated carbocycles. The zero-order valence-corrected chi connectivity index (χ0v) is 41.4. The average Bonchev–Trinajstić information content (AvgIpc) is 3.68. The first kappa shape index (κ1) is 65.4. The van der Waals surface area contributed by atoms with Gasteiger partial charge in [-0.2, -0.15) is 0 Å². The number of hydrogen-bond acceptors (Lipinski definition) is 23. The highest BCUT2D eigenvalue weighted by atomic mass is 16.7. The number of hydrogen-bond donors (Lipinski definition) is 0. The van der Waals surface area contributed by atoms with E-state index < -0.39 is 17.8 Å². The molecule has 0 spiro atoms. The average molecular weight is 1020 g/mol. The Balaban J connectivity index is 1.60. The molecule has 0 aromatic rings. The summed E-state index contributed by atoms with van der Waals surface area (Å²) < 4.78 is 103. The Labute approximate surface area is 414 Å². The molecule has 24 heteroatoms. The van der Waals surface area contributed by atoms with Crippen molar-refractivity contribution in [2.24, 2.45) is 0 Å². The van der Waals surface area contributed by atoms with Crippen LogP contribution in [0.2, 0.25) is 0 Å². The summed E-state index contributed by atoms with van der Waals surface area (Å²) in [6.45, 7) is 17.1. The van der Waals surface area contributed by atoms with Gasteiger partial charge in [-0.25, -0.2) is 4.79 Å². The van der Waals surface area contributed by atoms with E-state index in [9.17, 15) is 14.4 Å². The van der Waals surface area contributed by atoms with E-state index in [1.54, 1.807) is 0 Å². The largest absolute Gasteiger partial charge is 0.378 e. The van der Waals surface area contributed by atoms with Crippen LogP contribution in [0.25, 0.3) is 0 Å². The molecule has 1 heterocycles. The summed E-state index contributed by atoms with van der Waals surface area (Å²) in [5, 5.41) is 0.517. The number of ether oxygens (including phenoxy) is 19. The fraction of sp³-hybridized carbons (Fsp3) is 0.891. The van der Waals surface area contributed by atoms with Gasteiger partial charge in [0.05, 0.1) is 251 Å². The van der Waals surface area contributed by atoms with Crippen LogP contribution >= 0.6 is 0 Å². The minimum atomic E-state index is -0.704. The van der Waals surface area contributed by atoms with E-state index in [0.29, 0.717) is 243 Å². The second-order valence-corrected chi connectivity index (χ2v) is 14.1. The lowest BCUT2D eigenvalue weighted by molar-refractivity contribution is -0.198. The van der Waals surface area contributed by atoms with E-state index in [1.165, 1.54) is 0 Å². The second kappa shape index (κ2) is 55.7. The first-order chi connectivity index (χ1) is 34.6. The first-order valence-corrected chi connectivity index (χ1v) is 24.1. The van der Waals surface area contributed by atoms with Crippen molar-refractivity contribution in [2.75, 3.05) is 251 Å². The lowest BCUT2D eigenvalue weighted by Crippen LogP contribution is -2.32. The molecule has 1 saturated heterocycles. The van der Waals surface area contributed by atoms with Crippen molar-refractivity contribution in [3.8, 4) is 12.3 Å². The molecule has 0 unspecified atom stereocenters. The van der Waals surface area contributed by atoms with Crippen molar-refractivity contribution in [2.45, 2.75) is 19.3 Å². The van der Waals surface area contributed by atoms with Crippen LogP contribution in [0.4, 0.5) is 0 Å². The van der Waals surface area contributed by atoms with Crippen LogP contribution in [-0.2, 0) is 109 Å². The smallest absolute Gasteiger partial charge is 0.335 e. The minimum Gasteiger partial charge on any atom is -0.378 e. The van der Waals surface area contributed by atoms with Crippen molar-refractivity contribution in [3.05, 3.63) is 0 Å². The van der Waals surface area contributed by atoms with Gasteiger partial charge in [-0.1, -0.05) is 5.92 Å². The lowest BCUT2D eigenvalue weighted by atomic mass is 10.4. The molecule has 0 bridgehead atoms. The number of carbonyl (C=O) groups is 3. The fourth-order valence-corrected chi connectivity index (χ4v) is 5.05. The molecule has 1 aliphatic rings. The molecular weight excluding hydrogens is 934 g/mol. The van der Waals surface area contributed by atoms with Crippen LogP contribution in [0.3, 0.4) is 0 Å². The third kappa shape index (κ3) is 49.0. The minimum absolute atomic E-state index is 0.0538. The predicted octanol–water partition coefficient (Wildman–Crippen LogP) is -0.0677. The molecule has 1 fully saturated rings. The maximum Gasteiger partial charge on any atom is 0.335 e. The third-order valence-corrected chi connectivity index (χ3v) is 8.53. The summed E-state index contributed by atoms with van der Waals surface area (Å²) in [6, 6.07) is 0. The van der Waals surface area contributed by atoms with Gasteiger partial charge in [-0.05, 0) is 0 Å². The number of terminal acetylenes is 1. The second-order valence-electron chi connectivity index (χ2n) is 14.1. The normalized spacial score (nSPS) is 12.7. The fourth-order valence-electron chi connectivity index (χ4n) is 5.05. The van der Waals surface area contributed by atoms with Crippen LogP contribution in [0.1, 0.15) is 19.3 Å². The van der Waals surface area contributed by atoms with E-state index >= 15 is 0 Å². The molecule has 70 heavy (non-hydrogen) atoms. The Kier molecular flexibility index (Phi) is 52.1. The van der Waals surface area contributed by atoms with Gasteiger partial charge in [0, 0.05) is 12.8 Å². The van der Waals surface area contributed by atoms with Gasteiger partial charge in [0.25, 0.3) is 11.8 Å². The SMILES string of the molecule is C#CCOCCOCCOCCOCCOCCOCCOCCOCCOCCOCCOCCOCCOCCOCCOCCOCCOCCOCCOCCC(=O)ON1C(=O)CCC1=O. The highest BCUT2D eigenvalue weighted by Crippen LogP contribution is 2.12. The Bertz CT molecular complexity index is 1170. The number of amides is 2. The number of hydroxylamine groups is 2. The number of rotatable bonds is 59. The summed E-state index contributed by atoms with van der Waals surface area (Å²) in [6.07, 6.45) is 5.12. The zero-order chi connectivity index (χ0) is 50.2. The molecule has 0 aromatic heterocycles. The number of imide groups is 1. The van der Waals surface area contributed by atoms with Crippen LogP contribution in [0.5, 0.6) is 0 Å². The Hall–Kier alpha value is -2.59. The lowest BCUT2D eigenvalue weighted by Gasteiger charge is -2.12. The number of carbonyl (C=O) groups excluding carboxylic acids is 3. The third-order valence-electron chi connectivity index (χ3n) is 8.53. The van der Waals surface area contributed by atoms with Gasteiger partial charge in [0.1, 0.15) is 6.61 Å². The molecule has 0 radical (unpaired) electrons. The van der Waals surface area contributed by atoms with Crippen LogP contribution in [-0.4, -0.2) is 274 Å². The van der Waals surface area contributed by atoms with E-state index in [1.807, 2.05) is 0 Å². The van der Waals surface area contributed by atoms with E-state index in [4.69, 9.17) is 101 Å². The van der Waals surface area contributed by atoms with E-state index in [2.05, 4.69) is 5.92 Å². The highest BCUT2D eigenvalue weighted by Gasteiger charge is 2.32. The molecule has 1 rings (SSSR count). The Morgan fingerprint density at radius 1 is 0.314 bits per heavy atom. The van der Waals surface area contributed by atoms with Crippen LogP contribution in [0.15, 0.2) is 0 Å². The molecule has 0 atom stereocenters. The van der Waals surface area contributed by atoms with Gasteiger partial charge in [0.15, 0.2) is 0 Å². The zero-order valence-electron chi connectivity index (χ0n) is 41.4. The number of nitrogens with zero attached hydrogens (tertiary/aromatic N) is 1. The summed E-state index contributed by atoms with van der Waals surface area (Å²) in [7, 11) is 0. The molecule has 1 aliphatic heterocycles. The van der Waals surface area contributed by atoms with Crippen LogP contribution in [0, 0.1) is 12.3 Å². The predicted molar refractivity (Wildman–Crippen MR) is 246 cm³/mol. The summed E-state index contributed by atoms with van der Waals surface area (Å²) >= 11 is 0. The van der Waals surface area contributed by atoms with Crippen molar-refractivity contribution in [1.82, 2.24) is 5.06 Å². The van der Waals surface area contributed by atoms with Crippen LogP contribution < -0.4 is 0 Å². The van der Waals surface area contributed by atoms with Gasteiger partial charge in [0.2, 0.25) is 0 Å². The highest BCUT2D eigenvalue weighted by molar-refractivity contribution is 6.01. The molecule has 410 valence electrons. The topological polar surface area (TPSA) is 239 Å². The van der Waals surface area contributed by atoms with Crippen molar-refractivity contribution in [3.63, 3.8) is 0 Å². The maximum atomic E-state index is 11.7.